The van der Waals surface area contributed by atoms with E-state index in [4.69, 9.17) is 4.74 Å². The van der Waals surface area contributed by atoms with E-state index in [0.717, 1.165) is 24.3 Å². The second-order valence-corrected chi connectivity index (χ2v) is 4.99. The Bertz CT molecular complexity index is 623. The molecule has 1 unspecified atom stereocenters. The molecule has 106 valence electrons. The van der Waals surface area contributed by atoms with Gasteiger partial charge in [-0.25, -0.2) is 13.2 Å². The number of ether oxygens (including phenoxy) is 1. The Morgan fingerprint density at radius 1 is 1.10 bits per heavy atom. The van der Waals surface area contributed by atoms with Crippen LogP contribution in [0.5, 0.6) is 5.75 Å². The fraction of sp³-hybridized carbons (Fsp3) is 0.143. The van der Waals surface area contributed by atoms with Gasteiger partial charge >= 0.3 is 0 Å². The zero-order valence-electron chi connectivity index (χ0n) is 10.3. The van der Waals surface area contributed by atoms with Crippen LogP contribution >= 0.6 is 15.9 Å². The van der Waals surface area contributed by atoms with Crippen LogP contribution in [0.4, 0.5) is 13.2 Å². The summed E-state index contributed by atoms with van der Waals surface area (Å²) in [5, 5.41) is 10.1. The van der Waals surface area contributed by atoms with Crippen LogP contribution in [0.3, 0.4) is 0 Å². The molecule has 0 aliphatic carbocycles. The molecule has 0 radical (unpaired) electrons. The van der Waals surface area contributed by atoms with Crippen molar-refractivity contribution < 1.29 is 23.0 Å². The lowest BCUT2D eigenvalue weighted by molar-refractivity contribution is 0.203. The number of hydrogen-bond donors (Lipinski definition) is 1. The minimum absolute atomic E-state index is 0.0485. The first-order valence-electron chi connectivity index (χ1n) is 5.60. The van der Waals surface area contributed by atoms with Crippen molar-refractivity contribution in [3.63, 3.8) is 0 Å². The zero-order chi connectivity index (χ0) is 14.9. The monoisotopic (exact) mass is 346 g/mol. The standard InChI is InChI=1S/C14H10BrF3O2/c1-20-12-3-2-8(16)6-9(12)14(19)13-10(17)4-7(15)5-11(13)18/h2-6,14,19H,1H3. The molecule has 0 spiro atoms. The minimum atomic E-state index is -1.67. The van der Waals surface area contributed by atoms with Crippen LogP contribution in [0.25, 0.3) is 0 Å². The van der Waals surface area contributed by atoms with Gasteiger partial charge < -0.3 is 9.84 Å². The summed E-state index contributed by atoms with van der Waals surface area (Å²) < 4.78 is 46.1. The molecule has 0 aliphatic rings. The first kappa shape index (κ1) is 14.9. The number of hydrogen-bond acceptors (Lipinski definition) is 2. The lowest BCUT2D eigenvalue weighted by Gasteiger charge is -2.16. The van der Waals surface area contributed by atoms with Crippen LogP contribution < -0.4 is 4.74 Å². The van der Waals surface area contributed by atoms with Gasteiger partial charge in [0.2, 0.25) is 0 Å². The smallest absolute Gasteiger partial charge is 0.133 e. The summed E-state index contributed by atoms with van der Waals surface area (Å²) in [6.07, 6.45) is -1.67. The van der Waals surface area contributed by atoms with Gasteiger partial charge in [0.25, 0.3) is 0 Å². The maximum atomic E-state index is 13.8. The molecule has 0 amide bonds. The number of aliphatic hydroxyl groups is 1. The summed E-state index contributed by atoms with van der Waals surface area (Å²) >= 11 is 2.95. The zero-order valence-corrected chi connectivity index (χ0v) is 11.9. The van der Waals surface area contributed by atoms with Gasteiger partial charge in [-0.15, -0.1) is 0 Å². The molecular formula is C14H10BrF3O2. The van der Waals surface area contributed by atoms with Crippen molar-refractivity contribution in [3.8, 4) is 5.75 Å². The normalized spacial score (nSPS) is 12.3. The van der Waals surface area contributed by atoms with E-state index in [9.17, 15) is 18.3 Å². The second kappa shape index (κ2) is 5.85. The quantitative estimate of drug-likeness (QED) is 0.911. The summed E-state index contributed by atoms with van der Waals surface area (Å²) in [6.45, 7) is 0. The molecule has 2 nitrogen and oxygen atoms in total. The van der Waals surface area contributed by atoms with Gasteiger partial charge in [-0.1, -0.05) is 15.9 Å². The number of rotatable bonds is 3. The molecule has 0 aromatic heterocycles. The fourth-order valence-electron chi connectivity index (χ4n) is 1.89. The van der Waals surface area contributed by atoms with Gasteiger partial charge in [0.15, 0.2) is 0 Å². The highest BCUT2D eigenvalue weighted by Gasteiger charge is 2.23. The molecule has 0 fully saturated rings. The molecular weight excluding hydrogens is 337 g/mol. The predicted molar refractivity (Wildman–Crippen MR) is 71.1 cm³/mol. The van der Waals surface area contributed by atoms with E-state index in [1.165, 1.54) is 13.2 Å². The van der Waals surface area contributed by atoms with Crippen molar-refractivity contribution in [1.29, 1.82) is 0 Å². The first-order chi connectivity index (χ1) is 9.43. The topological polar surface area (TPSA) is 29.5 Å². The van der Waals surface area contributed by atoms with Crippen LogP contribution in [0.15, 0.2) is 34.8 Å². The van der Waals surface area contributed by atoms with Gasteiger partial charge in [0.05, 0.1) is 12.7 Å². The minimum Gasteiger partial charge on any atom is -0.496 e. The molecule has 20 heavy (non-hydrogen) atoms. The third-order valence-electron chi connectivity index (χ3n) is 2.80. The average molecular weight is 347 g/mol. The Balaban J connectivity index is 2.57. The number of methoxy groups -OCH3 is 1. The maximum Gasteiger partial charge on any atom is 0.133 e. The van der Waals surface area contributed by atoms with Crippen LogP contribution in [0, 0.1) is 17.5 Å². The molecule has 2 rings (SSSR count). The van der Waals surface area contributed by atoms with Crippen LogP contribution in [0.2, 0.25) is 0 Å². The van der Waals surface area contributed by atoms with Crippen molar-refractivity contribution >= 4 is 15.9 Å². The molecule has 0 aliphatic heterocycles. The molecule has 1 N–H and O–H groups in total. The Kier molecular flexibility index (Phi) is 4.35. The van der Waals surface area contributed by atoms with Crippen molar-refractivity contribution in [1.82, 2.24) is 0 Å². The molecule has 0 bridgehead atoms. The molecule has 0 heterocycles. The summed E-state index contributed by atoms with van der Waals surface area (Å²) in [6, 6.07) is 5.43. The van der Waals surface area contributed by atoms with Crippen molar-refractivity contribution in [2.24, 2.45) is 0 Å². The second-order valence-electron chi connectivity index (χ2n) is 4.07. The highest BCUT2D eigenvalue weighted by atomic mass is 79.9. The Morgan fingerprint density at radius 2 is 1.70 bits per heavy atom. The molecule has 0 saturated heterocycles. The van der Waals surface area contributed by atoms with Crippen LogP contribution in [-0.2, 0) is 0 Å². The van der Waals surface area contributed by atoms with Crippen LogP contribution in [0.1, 0.15) is 17.2 Å². The Morgan fingerprint density at radius 3 is 2.25 bits per heavy atom. The number of aliphatic hydroxyl groups excluding tert-OH is 1. The van der Waals surface area contributed by atoms with E-state index in [-0.39, 0.29) is 15.8 Å². The highest BCUT2D eigenvalue weighted by molar-refractivity contribution is 9.10. The summed E-state index contributed by atoms with van der Waals surface area (Å²) in [4.78, 5) is 0. The molecule has 2 aromatic rings. The highest BCUT2D eigenvalue weighted by Crippen LogP contribution is 2.34. The van der Waals surface area contributed by atoms with Crippen molar-refractivity contribution in [2.45, 2.75) is 6.10 Å². The fourth-order valence-corrected chi connectivity index (χ4v) is 2.29. The lowest BCUT2D eigenvalue weighted by atomic mass is 9.99. The summed E-state index contributed by atoms with van der Waals surface area (Å²) in [5.41, 5.74) is -0.607. The summed E-state index contributed by atoms with van der Waals surface area (Å²) in [7, 11) is 1.32. The molecule has 6 heteroatoms. The number of benzene rings is 2. The van der Waals surface area contributed by atoms with Gasteiger partial charge in [0.1, 0.15) is 29.3 Å². The van der Waals surface area contributed by atoms with Gasteiger partial charge in [-0.3, -0.25) is 0 Å². The SMILES string of the molecule is COc1ccc(F)cc1C(O)c1c(F)cc(Br)cc1F. The Labute approximate surface area is 121 Å². The Hall–Kier alpha value is -1.53. The van der Waals surface area contributed by atoms with Gasteiger partial charge in [-0.2, -0.15) is 0 Å². The maximum absolute atomic E-state index is 13.8. The van der Waals surface area contributed by atoms with E-state index < -0.39 is 29.1 Å². The summed E-state index contributed by atoms with van der Waals surface area (Å²) in [5.74, 6) is -2.37. The third-order valence-corrected chi connectivity index (χ3v) is 3.26. The number of halogens is 4. The van der Waals surface area contributed by atoms with E-state index in [1.807, 2.05) is 0 Å². The van der Waals surface area contributed by atoms with E-state index in [2.05, 4.69) is 15.9 Å². The van der Waals surface area contributed by atoms with Crippen LogP contribution in [-0.4, -0.2) is 12.2 Å². The molecule has 0 saturated carbocycles. The van der Waals surface area contributed by atoms with Crippen molar-refractivity contribution in [2.75, 3.05) is 7.11 Å². The predicted octanol–water partition coefficient (Wildman–Crippen LogP) is 3.96. The average Bonchev–Trinajstić information content (AvgIpc) is 2.37. The van der Waals surface area contributed by atoms with E-state index >= 15 is 0 Å². The van der Waals surface area contributed by atoms with E-state index in [1.54, 1.807) is 0 Å². The van der Waals surface area contributed by atoms with Gasteiger partial charge in [0, 0.05) is 10.0 Å². The molecule has 2 aromatic carbocycles. The van der Waals surface area contributed by atoms with Gasteiger partial charge in [-0.05, 0) is 30.3 Å². The van der Waals surface area contributed by atoms with E-state index in [0.29, 0.717) is 0 Å². The van der Waals surface area contributed by atoms with Crippen molar-refractivity contribution in [3.05, 3.63) is 63.4 Å². The first-order valence-corrected chi connectivity index (χ1v) is 6.39. The largest absolute Gasteiger partial charge is 0.496 e. The molecule has 1 atom stereocenters. The lowest BCUT2D eigenvalue weighted by Crippen LogP contribution is -2.08. The third kappa shape index (κ3) is 2.81.